The molecule has 3 aliphatic heterocycles. The Morgan fingerprint density at radius 1 is 0.845 bits per heavy atom. The summed E-state index contributed by atoms with van der Waals surface area (Å²) in [6, 6.07) is 5.05. The predicted octanol–water partition coefficient (Wildman–Crippen LogP) is 1.04. The van der Waals surface area contributed by atoms with Crippen LogP contribution in [0.1, 0.15) is 67.4 Å². The molecule has 1 spiro atoms. The van der Waals surface area contributed by atoms with E-state index in [0.29, 0.717) is 0 Å². The summed E-state index contributed by atoms with van der Waals surface area (Å²) in [6.45, 7) is 13.3. The molecule has 1 aromatic rings. The number of benzene rings is 1. The van der Waals surface area contributed by atoms with E-state index in [0.717, 1.165) is 9.87 Å². The number of sulfonamides is 1. The first-order valence-corrected chi connectivity index (χ1v) is 21.5. The van der Waals surface area contributed by atoms with E-state index in [2.05, 4.69) is 0 Å². The molecule has 21 atom stereocenters. The number of aliphatic hydroxyl groups is 3. The third kappa shape index (κ3) is 4.42. The van der Waals surface area contributed by atoms with Crippen LogP contribution in [0, 0.1) is 64.6 Å². The van der Waals surface area contributed by atoms with E-state index in [1.165, 1.54) is 46.8 Å². The summed E-state index contributed by atoms with van der Waals surface area (Å²) in [4.78, 5) is 67.8. The molecule has 5 aliphatic carbocycles. The number of rotatable bonds is 5. The fourth-order valence-electron chi connectivity index (χ4n) is 14.4. The van der Waals surface area contributed by atoms with Crippen molar-refractivity contribution in [2.75, 3.05) is 0 Å². The minimum Gasteiger partial charge on any atom is -0.459 e. The van der Waals surface area contributed by atoms with Crippen LogP contribution < -0.4 is 0 Å². The van der Waals surface area contributed by atoms with Gasteiger partial charge in [0.1, 0.15) is 30.5 Å². The summed E-state index contributed by atoms with van der Waals surface area (Å²) in [5.41, 5.74) is -8.39. The van der Waals surface area contributed by atoms with Gasteiger partial charge in [0.15, 0.2) is 11.4 Å². The Morgan fingerprint density at radius 3 is 2.02 bits per heavy atom. The quantitative estimate of drug-likeness (QED) is 0.214. The van der Waals surface area contributed by atoms with Crippen LogP contribution >= 0.6 is 0 Å². The van der Waals surface area contributed by atoms with Crippen molar-refractivity contribution in [3.8, 4) is 0 Å². The standard InChI is InChI=1S/C41H51NO15S/c1-15-10-12-20(13-11-15)58(51,52)42-33-16(2)24-27(39(8)40(9,50)36(49)57-41(33,39)42)30(48)25-23-26(32(53-17(3)43)35(38(24,25)7)55-19(5)45)37(6)21(28(46)29(23)47)14-22-31(56-22)34(37)54-18(4)44/h10-13,16,21-27,29-35,47-48,50H,14H2,1-9H3/t16-,21+,22-,23?,24-,25+,26?,27-,29+,30+,31-,32-,33+,34-,35-,37-,38+,39-,40+,41-,42?/m0/s1. The molecule has 3 unspecified atom stereocenters. The molecule has 9 rings (SSSR count). The maximum Gasteiger partial charge on any atom is 0.340 e. The minimum absolute atomic E-state index is 0.0784. The molecule has 1 aromatic carbocycles. The van der Waals surface area contributed by atoms with E-state index in [1.54, 1.807) is 39.8 Å². The van der Waals surface area contributed by atoms with Crippen LogP contribution in [0.5, 0.6) is 0 Å². The Labute approximate surface area is 335 Å². The summed E-state index contributed by atoms with van der Waals surface area (Å²) in [5.74, 6) is -11.3. The van der Waals surface area contributed by atoms with E-state index >= 15 is 0 Å². The zero-order valence-corrected chi connectivity index (χ0v) is 34.6. The third-order valence-electron chi connectivity index (χ3n) is 16.6. The van der Waals surface area contributed by atoms with Gasteiger partial charge in [-0.3, -0.25) is 19.2 Å². The molecule has 5 saturated carbocycles. The highest BCUT2D eigenvalue weighted by Crippen LogP contribution is 2.82. The molecule has 316 valence electrons. The number of epoxide rings is 1. The lowest BCUT2D eigenvalue weighted by molar-refractivity contribution is -0.273. The topological polar surface area (TPSA) is 233 Å². The number of aryl methyl sites for hydroxylation is 1. The lowest BCUT2D eigenvalue weighted by Gasteiger charge is -2.65. The molecule has 0 bridgehead atoms. The number of fused-ring (bicyclic) bond motifs is 9. The Morgan fingerprint density at radius 2 is 1.43 bits per heavy atom. The van der Waals surface area contributed by atoms with Gasteiger partial charge in [0.05, 0.1) is 28.6 Å². The van der Waals surface area contributed by atoms with Crippen molar-refractivity contribution in [2.45, 2.75) is 134 Å². The SMILES string of the molecule is CC(=O)O[C@H]1C2C([C@@H]3[C@@H](O)[C@@H]4[C@H]([C@H](C)[C@H]5N(S(=O)(=O)c6ccc(C)cc6)[C@]56OC(=O)[C@@](C)(O)[C@]46C)[C@@]3(C)[C@H]1OC(C)=O)[C@@H](O)C(=O)[C@H]1C[C@@H]3O[C@@H]3[C@H](OC(C)=O)[C@]21C. The van der Waals surface area contributed by atoms with Gasteiger partial charge < -0.3 is 39.0 Å². The highest BCUT2D eigenvalue weighted by atomic mass is 32.2. The number of Topliss-reactive ketones (excluding diaryl/α,β-unsaturated/α-hetero) is 1. The van der Waals surface area contributed by atoms with Crippen molar-refractivity contribution in [3.63, 3.8) is 0 Å². The molecular formula is C41H51NO15S. The van der Waals surface area contributed by atoms with Crippen molar-refractivity contribution in [1.82, 2.24) is 4.31 Å². The number of ketones is 1. The first-order valence-electron chi connectivity index (χ1n) is 20.0. The second-order valence-corrected chi connectivity index (χ2v) is 20.9. The van der Waals surface area contributed by atoms with E-state index in [4.69, 9.17) is 23.7 Å². The second-order valence-electron chi connectivity index (χ2n) is 19.1. The van der Waals surface area contributed by atoms with Crippen LogP contribution in [0.2, 0.25) is 0 Å². The van der Waals surface area contributed by atoms with E-state index in [-0.39, 0.29) is 11.3 Å². The monoisotopic (exact) mass is 829 g/mol. The smallest absolute Gasteiger partial charge is 0.340 e. The number of hydrogen-bond donors (Lipinski definition) is 3. The third-order valence-corrected chi connectivity index (χ3v) is 18.5. The average molecular weight is 830 g/mol. The Kier molecular flexibility index (Phi) is 8.18. The fraction of sp³-hybridized carbons (Fsp3) is 0.732. The lowest BCUT2D eigenvalue weighted by Crippen LogP contribution is -2.74. The molecule has 3 saturated heterocycles. The predicted molar refractivity (Wildman–Crippen MR) is 195 cm³/mol. The van der Waals surface area contributed by atoms with Gasteiger partial charge in [-0.1, -0.05) is 45.4 Å². The van der Waals surface area contributed by atoms with Gasteiger partial charge in [-0.2, -0.15) is 0 Å². The minimum atomic E-state index is -4.43. The van der Waals surface area contributed by atoms with Crippen LogP contribution in [-0.2, 0) is 57.7 Å². The number of carbonyl (C=O) groups excluding carboxylic acids is 5. The van der Waals surface area contributed by atoms with Gasteiger partial charge in [-0.15, -0.1) is 4.31 Å². The number of carbonyl (C=O) groups is 5. The molecule has 0 amide bonds. The first kappa shape index (κ1) is 40.0. The summed E-state index contributed by atoms with van der Waals surface area (Å²) < 4.78 is 60.9. The number of nitrogens with zero attached hydrogens (tertiary/aromatic N) is 1. The largest absolute Gasteiger partial charge is 0.459 e. The molecule has 8 aliphatic rings. The number of esters is 4. The molecule has 0 radical (unpaired) electrons. The second kappa shape index (κ2) is 11.9. The summed E-state index contributed by atoms with van der Waals surface area (Å²) in [7, 11) is -4.43. The first-order chi connectivity index (χ1) is 26.9. The van der Waals surface area contributed by atoms with Crippen LogP contribution in [0.25, 0.3) is 0 Å². The zero-order chi connectivity index (χ0) is 42.4. The fourth-order valence-corrected chi connectivity index (χ4v) is 16.4. The number of aliphatic hydroxyl groups excluding tert-OH is 2. The van der Waals surface area contributed by atoms with Crippen molar-refractivity contribution in [2.24, 2.45) is 57.7 Å². The van der Waals surface area contributed by atoms with Crippen LogP contribution in [0.3, 0.4) is 0 Å². The number of hydrogen-bond acceptors (Lipinski definition) is 15. The van der Waals surface area contributed by atoms with Gasteiger partial charge in [0.25, 0.3) is 0 Å². The van der Waals surface area contributed by atoms with E-state index in [1.807, 2.05) is 0 Å². The lowest BCUT2D eigenvalue weighted by atomic mass is 9.41. The summed E-state index contributed by atoms with van der Waals surface area (Å²) >= 11 is 0. The molecule has 17 heteroatoms. The van der Waals surface area contributed by atoms with E-state index < -0.39 is 157 Å². The van der Waals surface area contributed by atoms with Crippen molar-refractivity contribution in [3.05, 3.63) is 29.8 Å². The van der Waals surface area contributed by atoms with Gasteiger partial charge in [-0.05, 0) is 44.2 Å². The van der Waals surface area contributed by atoms with Crippen LogP contribution in [0.4, 0.5) is 0 Å². The molecular weight excluding hydrogens is 779 g/mol. The highest BCUT2D eigenvalue weighted by molar-refractivity contribution is 7.89. The van der Waals surface area contributed by atoms with Gasteiger partial charge in [0, 0.05) is 61.2 Å². The molecule has 58 heavy (non-hydrogen) atoms. The highest BCUT2D eigenvalue weighted by Gasteiger charge is 2.96. The number of ether oxygens (including phenoxy) is 5. The van der Waals surface area contributed by atoms with E-state index in [9.17, 15) is 47.7 Å². The van der Waals surface area contributed by atoms with Crippen molar-refractivity contribution in [1.29, 1.82) is 0 Å². The average Bonchev–Trinajstić information content (AvgIpc) is 4.02. The van der Waals surface area contributed by atoms with Crippen molar-refractivity contribution < 1.29 is 71.4 Å². The molecule has 16 nitrogen and oxygen atoms in total. The summed E-state index contributed by atoms with van der Waals surface area (Å²) in [5, 5.41) is 38.0. The maximum absolute atomic E-state index is 14.7. The van der Waals surface area contributed by atoms with Gasteiger partial charge >= 0.3 is 23.9 Å². The van der Waals surface area contributed by atoms with Crippen LogP contribution in [-0.4, -0.2) is 118 Å². The molecule has 3 N–H and O–H groups in total. The maximum atomic E-state index is 14.7. The Hall–Kier alpha value is -3.48. The van der Waals surface area contributed by atoms with Gasteiger partial charge in [0.2, 0.25) is 15.7 Å². The molecule has 3 heterocycles. The van der Waals surface area contributed by atoms with Crippen LogP contribution in [0.15, 0.2) is 29.2 Å². The Bertz CT molecular complexity index is 2160. The molecule has 0 aromatic heterocycles. The normalized spacial score (nSPS) is 52.9. The molecule has 8 fully saturated rings. The van der Waals surface area contributed by atoms with Crippen molar-refractivity contribution >= 4 is 39.7 Å². The summed E-state index contributed by atoms with van der Waals surface area (Å²) in [6.07, 6.45) is -8.13. The zero-order valence-electron chi connectivity index (χ0n) is 33.8. The van der Waals surface area contributed by atoms with Gasteiger partial charge in [-0.25, -0.2) is 13.2 Å². The Balaban J connectivity index is 1.28.